The van der Waals surface area contributed by atoms with Crippen molar-refractivity contribution in [2.75, 3.05) is 13.1 Å². The Morgan fingerprint density at radius 2 is 2.04 bits per heavy atom. The Morgan fingerprint density at radius 1 is 1.29 bits per heavy atom. The van der Waals surface area contributed by atoms with E-state index in [0.29, 0.717) is 17.8 Å². The van der Waals surface area contributed by atoms with E-state index in [9.17, 15) is 9.59 Å². The first-order chi connectivity index (χ1) is 11.5. The first-order valence-electron chi connectivity index (χ1n) is 8.63. The molecule has 1 saturated heterocycles. The van der Waals surface area contributed by atoms with Crippen LogP contribution in [0.4, 0.5) is 0 Å². The molecule has 0 saturated carbocycles. The van der Waals surface area contributed by atoms with E-state index >= 15 is 0 Å². The van der Waals surface area contributed by atoms with Crippen LogP contribution < -0.4 is 11.2 Å². The predicted octanol–water partition coefficient (Wildman–Crippen LogP) is 1.90. The lowest BCUT2D eigenvalue weighted by Crippen LogP contribution is -2.35. The van der Waals surface area contributed by atoms with Gasteiger partial charge in [0.05, 0.1) is 5.52 Å². The maximum Gasteiger partial charge on any atom is 0.242 e. The molecule has 2 atom stereocenters. The molecule has 1 aromatic carbocycles. The van der Waals surface area contributed by atoms with E-state index in [1.54, 1.807) is 12.1 Å². The van der Waals surface area contributed by atoms with Crippen LogP contribution in [0.3, 0.4) is 0 Å². The molecule has 1 fully saturated rings. The summed E-state index contributed by atoms with van der Waals surface area (Å²) < 4.78 is 1.93. The number of fused-ring (bicyclic) bond motifs is 1. The summed E-state index contributed by atoms with van der Waals surface area (Å²) in [6.07, 6.45) is 2.15. The highest BCUT2D eigenvalue weighted by atomic mass is 16.2. The number of nitrogens with zero attached hydrogens (tertiary/aromatic N) is 2. The molecule has 5 heteroatoms. The predicted molar refractivity (Wildman–Crippen MR) is 95.9 cm³/mol. The van der Waals surface area contributed by atoms with Crippen LogP contribution in [0.2, 0.25) is 0 Å². The number of hydrogen-bond acceptors (Lipinski definition) is 3. The molecule has 5 nitrogen and oxygen atoms in total. The number of nitrogens with two attached hydrogens (primary N) is 1. The summed E-state index contributed by atoms with van der Waals surface area (Å²) in [6, 6.07) is 9.12. The Balaban J connectivity index is 1.86. The van der Waals surface area contributed by atoms with Gasteiger partial charge in [-0.25, -0.2) is 0 Å². The van der Waals surface area contributed by atoms with E-state index < -0.39 is 0 Å². The highest BCUT2D eigenvalue weighted by molar-refractivity contribution is 5.82. The average molecular weight is 327 g/mol. The number of para-hydroxylation sites is 1. The SMILES string of the molecule is CCC[C@@H]1CN(C(=O)Cn2c(C)cc(=O)c3ccccc32)C[C@H]1N. The fourth-order valence-electron chi connectivity index (χ4n) is 3.67. The summed E-state index contributed by atoms with van der Waals surface area (Å²) in [5.74, 6) is 0.465. The third-order valence-electron chi connectivity index (χ3n) is 5.02. The van der Waals surface area contributed by atoms with E-state index in [0.717, 1.165) is 30.6 Å². The molecule has 0 unspecified atom stereocenters. The minimum absolute atomic E-state index is 0.00185. The second-order valence-corrected chi connectivity index (χ2v) is 6.76. The maximum absolute atomic E-state index is 12.8. The third kappa shape index (κ3) is 3.08. The Morgan fingerprint density at radius 3 is 2.79 bits per heavy atom. The van der Waals surface area contributed by atoms with Gasteiger partial charge in [-0.2, -0.15) is 0 Å². The van der Waals surface area contributed by atoms with Crippen molar-refractivity contribution in [1.82, 2.24) is 9.47 Å². The highest BCUT2D eigenvalue weighted by Gasteiger charge is 2.32. The van der Waals surface area contributed by atoms with Gasteiger partial charge in [0.1, 0.15) is 6.54 Å². The Kier molecular flexibility index (Phi) is 4.71. The van der Waals surface area contributed by atoms with Crippen LogP contribution in [-0.4, -0.2) is 34.5 Å². The molecule has 2 heterocycles. The zero-order chi connectivity index (χ0) is 17.3. The van der Waals surface area contributed by atoms with Gasteiger partial charge in [-0.1, -0.05) is 25.5 Å². The van der Waals surface area contributed by atoms with E-state index in [1.165, 1.54) is 0 Å². The van der Waals surface area contributed by atoms with Crippen molar-refractivity contribution in [1.29, 1.82) is 0 Å². The number of hydrogen-bond donors (Lipinski definition) is 1. The van der Waals surface area contributed by atoms with Crippen LogP contribution in [0.15, 0.2) is 35.1 Å². The molecular formula is C19H25N3O2. The van der Waals surface area contributed by atoms with E-state index in [2.05, 4.69) is 6.92 Å². The van der Waals surface area contributed by atoms with Gasteiger partial charge in [0, 0.05) is 36.3 Å². The van der Waals surface area contributed by atoms with Gasteiger partial charge in [0.2, 0.25) is 5.91 Å². The number of rotatable bonds is 4. The van der Waals surface area contributed by atoms with Gasteiger partial charge in [-0.3, -0.25) is 9.59 Å². The summed E-state index contributed by atoms with van der Waals surface area (Å²) >= 11 is 0. The van der Waals surface area contributed by atoms with E-state index in [-0.39, 0.29) is 23.9 Å². The van der Waals surface area contributed by atoms with Gasteiger partial charge in [0.25, 0.3) is 0 Å². The van der Waals surface area contributed by atoms with Crippen molar-refractivity contribution in [2.45, 2.75) is 39.3 Å². The molecule has 2 N–H and O–H groups in total. The van der Waals surface area contributed by atoms with Crippen LogP contribution in [0.1, 0.15) is 25.5 Å². The number of carbonyl (C=O) groups excluding carboxylic acids is 1. The van der Waals surface area contributed by atoms with Crippen LogP contribution >= 0.6 is 0 Å². The summed E-state index contributed by atoms with van der Waals surface area (Å²) in [7, 11) is 0. The van der Waals surface area contributed by atoms with Gasteiger partial charge in [-0.05, 0) is 31.4 Å². The summed E-state index contributed by atoms with van der Waals surface area (Å²) in [5.41, 5.74) is 7.80. The molecule has 0 radical (unpaired) electrons. The smallest absolute Gasteiger partial charge is 0.242 e. The molecule has 1 aromatic heterocycles. The minimum atomic E-state index is -0.00185. The Hall–Kier alpha value is -2.14. The standard InChI is InChI=1S/C19H25N3O2/c1-3-6-14-10-21(11-16(14)20)19(24)12-22-13(2)9-18(23)15-7-4-5-8-17(15)22/h4-5,7-9,14,16H,3,6,10-12,20H2,1-2H3/t14-,16-/m1/s1. The van der Waals surface area contributed by atoms with E-state index in [4.69, 9.17) is 5.73 Å². The largest absolute Gasteiger partial charge is 0.339 e. The third-order valence-corrected chi connectivity index (χ3v) is 5.02. The van der Waals surface area contributed by atoms with Crippen molar-refractivity contribution in [2.24, 2.45) is 11.7 Å². The van der Waals surface area contributed by atoms with Crippen molar-refractivity contribution in [3.63, 3.8) is 0 Å². The lowest BCUT2D eigenvalue weighted by Gasteiger charge is -2.20. The molecule has 2 aromatic rings. The van der Waals surface area contributed by atoms with Crippen LogP contribution in [0.5, 0.6) is 0 Å². The van der Waals surface area contributed by atoms with Gasteiger partial charge >= 0.3 is 0 Å². The first-order valence-corrected chi connectivity index (χ1v) is 8.63. The lowest BCUT2D eigenvalue weighted by atomic mass is 9.99. The first kappa shape index (κ1) is 16.7. The molecule has 3 rings (SSSR count). The maximum atomic E-state index is 12.8. The van der Waals surface area contributed by atoms with Gasteiger partial charge in [0.15, 0.2) is 5.43 Å². The van der Waals surface area contributed by atoms with E-state index in [1.807, 2.05) is 34.6 Å². The van der Waals surface area contributed by atoms with Crippen molar-refractivity contribution in [3.05, 3.63) is 46.2 Å². The number of carbonyl (C=O) groups is 1. The summed E-state index contributed by atoms with van der Waals surface area (Å²) in [4.78, 5) is 26.8. The molecule has 0 bridgehead atoms. The monoisotopic (exact) mass is 327 g/mol. The van der Waals surface area contributed by atoms with Gasteiger partial charge < -0.3 is 15.2 Å². The minimum Gasteiger partial charge on any atom is -0.339 e. The molecule has 0 spiro atoms. The topological polar surface area (TPSA) is 68.3 Å². The van der Waals surface area contributed by atoms with Crippen LogP contribution in [0, 0.1) is 12.8 Å². The highest BCUT2D eigenvalue weighted by Crippen LogP contribution is 2.21. The number of likely N-dealkylation sites (tertiary alicyclic amines) is 1. The molecule has 1 amide bonds. The average Bonchev–Trinajstić information content (AvgIpc) is 2.93. The summed E-state index contributed by atoms with van der Waals surface area (Å²) in [5, 5.41) is 0.651. The number of aromatic nitrogens is 1. The fourth-order valence-corrected chi connectivity index (χ4v) is 3.67. The quantitative estimate of drug-likeness (QED) is 0.932. The lowest BCUT2D eigenvalue weighted by molar-refractivity contribution is -0.130. The molecule has 1 aliphatic heterocycles. The second-order valence-electron chi connectivity index (χ2n) is 6.76. The Labute approximate surface area is 142 Å². The molecule has 128 valence electrons. The zero-order valence-corrected chi connectivity index (χ0v) is 14.4. The summed E-state index contributed by atoms with van der Waals surface area (Å²) in [6.45, 7) is 5.63. The molecule has 24 heavy (non-hydrogen) atoms. The Bertz CT molecular complexity index is 812. The number of pyridine rings is 1. The fraction of sp³-hybridized carbons (Fsp3) is 0.474. The normalized spacial score (nSPS) is 20.7. The van der Waals surface area contributed by atoms with Gasteiger partial charge in [-0.15, -0.1) is 0 Å². The second kappa shape index (κ2) is 6.77. The molecule has 0 aliphatic carbocycles. The van der Waals surface area contributed by atoms with Crippen molar-refractivity contribution in [3.8, 4) is 0 Å². The van der Waals surface area contributed by atoms with Crippen LogP contribution in [0.25, 0.3) is 10.9 Å². The van der Waals surface area contributed by atoms with Crippen molar-refractivity contribution >= 4 is 16.8 Å². The number of benzene rings is 1. The number of amides is 1. The molecule has 1 aliphatic rings. The number of aryl methyl sites for hydroxylation is 1. The van der Waals surface area contributed by atoms with Crippen molar-refractivity contribution < 1.29 is 4.79 Å². The zero-order valence-electron chi connectivity index (χ0n) is 14.4. The molecular weight excluding hydrogens is 302 g/mol. The van der Waals surface area contributed by atoms with Crippen LogP contribution in [-0.2, 0) is 11.3 Å².